The quantitative estimate of drug-likeness (QED) is 0.765. The highest BCUT2D eigenvalue weighted by molar-refractivity contribution is 7.90. The van der Waals surface area contributed by atoms with Crippen LogP contribution in [0.4, 0.5) is 0 Å². The van der Waals surface area contributed by atoms with Crippen LogP contribution in [-0.2, 0) is 19.6 Å². The van der Waals surface area contributed by atoms with Gasteiger partial charge in [-0.1, -0.05) is 12.1 Å². The Balaban J connectivity index is 1.60. The van der Waals surface area contributed by atoms with Crippen molar-refractivity contribution in [3.8, 4) is 5.75 Å². The molecule has 2 fully saturated rings. The Hall–Kier alpha value is -1.64. The maximum Gasteiger partial charge on any atom is 0.260 e. The summed E-state index contributed by atoms with van der Waals surface area (Å²) in [4.78, 5) is 14.8. The topological polar surface area (TPSA) is 84.9 Å². The Morgan fingerprint density at radius 1 is 1.13 bits per heavy atom. The number of amides is 1. The number of hydrogen-bond donors (Lipinski definition) is 1. The minimum Gasteiger partial charge on any atom is -0.483 e. The highest BCUT2D eigenvalue weighted by Crippen LogP contribution is 2.40. The number of aryl methyl sites for hydroxylation is 1. The molecule has 3 heterocycles. The summed E-state index contributed by atoms with van der Waals surface area (Å²) in [5.74, 6) is 1.08. The van der Waals surface area contributed by atoms with Gasteiger partial charge in [-0.15, -0.1) is 0 Å². The van der Waals surface area contributed by atoms with Gasteiger partial charge in [0, 0.05) is 18.2 Å². The first kappa shape index (κ1) is 22.6. The molecule has 1 aromatic rings. The van der Waals surface area contributed by atoms with Gasteiger partial charge in [-0.05, 0) is 70.4 Å². The van der Waals surface area contributed by atoms with E-state index in [9.17, 15) is 13.2 Å². The molecule has 1 saturated heterocycles. The number of fused-ring (bicyclic) bond motifs is 5. The van der Waals surface area contributed by atoms with Crippen LogP contribution in [0.25, 0.3) is 0 Å². The summed E-state index contributed by atoms with van der Waals surface area (Å²) < 4.78 is 40.1. The molecule has 2 bridgehead atoms. The Morgan fingerprint density at radius 3 is 2.58 bits per heavy atom. The van der Waals surface area contributed by atoms with Gasteiger partial charge in [0.1, 0.15) is 5.75 Å². The summed E-state index contributed by atoms with van der Waals surface area (Å²) in [7, 11) is -3.44. The molecular formula is C23H34N2O5S. The van der Waals surface area contributed by atoms with Gasteiger partial charge in [0.25, 0.3) is 5.91 Å². The van der Waals surface area contributed by atoms with E-state index in [0.29, 0.717) is 25.5 Å². The van der Waals surface area contributed by atoms with Gasteiger partial charge in [-0.25, -0.2) is 13.1 Å². The third-order valence-corrected chi connectivity index (χ3v) is 8.90. The van der Waals surface area contributed by atoms with Crippen LogP contribution in [0.2, 0.25) is 0 Å². The molecule has 172 valence electrons. The van der Waals surface area contributed by atoms with Crippen molar-refractivity contribution in [1.82, 2.24) is 9.62 Å². The van der Waals surface area contributed by atoms with Gasteiger partial charge in [-0.2, -0.15) is 0 Å². The number of sulfonamides is 1. The second-order valence-electron chi connectivity index (χ2n) is 9.34. The number of carbonyl (C=O) groups excluding carboxylic acids is 1. The lowest BCUT2D eigenvalue weighted by Gasteiger charge is -2.32. The number of benzene rings is 1. The molecule has 0 spiro atoms. The second-order valence-corrected chi connectivity index (χ2v) is 11.6. The van der Waals surface area contributed by atoms with E-state index in [-0.39, 0.29) is 30.7 Å². The van der Waals surface area contributed by atoms with E-state index in [1.165, 1.54) is 11.1 Å². The molecule has 5 rings (SSSR count). The molecule has 1 saturated carbocycles. The van der Waals surface area contributed by atoms with Gasteiger partial charge in [-0.3, -0.25) is 4.79 Å². The normalized spacial score (nSPS) is 29.5. The van der Waals surface area contributed by atoms with E-state index in [1.54, 1.807) is 18.7 Å². The van der Waals surface area contributed by atoms with Crippen LogP contribution < -0.4 is 9.46 Å². The van der Waals surface area contributed by atoms with E-state index >= 15 is 0 Å². The second kappa shape index (κ2) is 9.08. The minimum atomic E-state index is -3.44. The Kier molecular flexibility index (Phi) is 6.60. The molecule has 0 radical (unpaired) electrons. The zero-order valence-electron chi connectivity index (χ0n) is 18.7. The van der Waals surface area contributed by atoms with Crippen LogP contribution in [0.15, 0.2) is 18.2 Å². The smallest absolute Gasteiger partial charge is 0.260 e. The van der Waals surface area contributed by atoms with E-state index in [4.69, 9.17) is 9.47 Å². The average molecular weight is 451 g/mol. The van der Waals surface area contributed by atoms with Gasteiger partial charge >= 0.3 is 0 Å². The molecule has 1 N–H and O–H groups in total. The lowest BCUT2D eigenvalue weighted by atomic mass is 9.80. The first-order valence-corrected chi connectivity index (χ1v) is 13.0. The molecule has 0 aromatic heterocycles. The molecule has 3 aliphatic heterocycles. The zero-order chi connectivity index (χ0) is 22.2. The number of hydrogen-bond acceptors (Lipinski definition) is 5. The van der Waals surface area contributed by atoms with Crippen molar-refractivity contribution < 1.29 is 22.7 Å². The van der Waals surface area contributed by atoms with E-state index < -0.39 is 15.3 Å². The molecule has 1 aromatic carbocycles. The lowest BCUT2D eigenvalue weighted by molar-refractivity contribution is -0.136. The maximum absolute atomic E-state index is 13.1. The van der Waals surface area contributed by atoms with Gasteiger partial charge in [0.2, 0.25) is 10.0 Å². The Bertz CT molecular complexity index is 909. The summed E-state index contributed by atoms with van der Waals surface area (Å²) >= 11 is 0. The van der Waals surface area contributed by atoms with Crippen molar-refractivity contribution in [2.24, 2.45) is 0 Å². The summed E-state index contributed by atoms with van der Waals surface area (Å²) in [6.45, 7) is 6.22. The highest BCUT2D eigenvalue weighted by atomic mass is 32.2. The predicted molar refractivity (Wildman–Crippen MR) is 119 cm³/mol. The molecule has 4 aliphatic rings. The fourth-order valence-electron chi connectivity index (χ4n) is 5.13. The monoisotopic (exact) mass is 450 g/mol. The van der Waals surface area contributed by atoms with Crippen molar-refractivity contribution >= 4 is 15.9 Å². The Labute approximate surface area is 185 Å². The molecule has 8 heteroatoms. The van der Waals surface area contributed by atoms with Gasteiger partial charge in [0.15, 0.2) is 6.61 Å². The highest BCUT2D eigenvalue weighted by Gasteiger charge is 2.40. The van der Waals surface area contributed by atoms with Crippen LogP contribution in [-0.4, -0.2) is 62.4 Å². The summed E-state index contributed by atoms with van der Waals surface area (Å²) in [5, 5.41) is -0.522. The van der Waals surface area contributed by atoms with Crippen molar-refractivity contribution in [2.75, 3.05) is 19.8 Å². The maximum atomic E-state index is 13.1. The summed E-state index contributed by atoms with van der Waals surface area (Å²) in [5.41, 5.74) is 2.42. The number of carbonyl (C=O) groups is 1. The number of rotatable bonds is 3. The van der Waals surface area contributed by atoms with Crippen molar-refractivity contribution in [2.45, 2.75) is 82.2 Å². The van der Waals surface area contributed by atoms with Crippen LogP contribution in [0.3, 0.4) is 0 Å². The van der Waals surface area contributed by atoms with Crippen LogP contribution in [0, 0.1) is 6.92 Å². The third-order valence-electron chi connectivity index (χ3n) is 7.02. The van der Waals surface area contributed by atoms with Crippen LogP contribution >= 0.6 is 0 Å². The van der Waals surface area contributed by atoms with Crippen LogP contribution in [0.5, 0.6) is 5.75 Å². The van der Waals surface area contributed by atoms with Crippen molar-refractivity contribution in [1.29, 1.82) is 0 Å². The average Bonchev–Trinajstić information content (AvgIpc) is 3.12. The summed E-state index contributed by atoms with van der Waals surface area (Å²) in [6, 6.07) is 5.37. The zero-order valence-corrected chi connectivity index (χ0v) is 19.5. The molecule has 2 atom stereocenters. The first-order valence-electron chi connectivity index (χ1n) is 11.4. The molecule has 1 aliphatic carbocycles. The third kappa shape index (κ3) is 4.76. The Morgan fingerprint density at radius 2 is 1.87 bits per heavy atom. The first-order chi connectivity index (χ1) is 14.8. The fraction of sp³-hybridized carbons (Fsp3) is 0.696. The number of nitrogens with one attached hydrogen (secondary N) is 1. The van der Waals surface area contributed by atoms with E-state index in [0.717, 1.165) is 31.4 Å². The molecular weight excluding hydrogens is 416 g/mol. The lowest BCUT2D eigenvalue weighted by Crippen LogP contribution is -2.51. The van der Waals surface area contributed by atoms with Gasteiger partial charge in [0.05, 0.1) is 24.0 Å². The van der Waals surface area contributed by atoms with Crippen molar-refractivity contribution in [3.05, 3.63) is 29.3 Å². The molecule has 7 nitrogen and oxygen atoms in total. The molecule has 31 heavy (non-hydrogen) atoms. The largest absolute Gasteiger partial charge is 0.483 e. The molecule has 1 amide bonds. The van der Waals surface area contributed by atoms with E-state index in [2.05, 4.69) is 17.7 Å². The van der Waals surface area contributed by atoms with E-state index in [1.807, 2.05) is 12.1 Å². The predicted octanol–water partition coefficient (Wildman–Crippen LogP) is 2.73. The number of nitrogens with zero attached hydrogens (tertiary/aromatic N) is 1. The standard InChI is InChI=1S/C23H34N2O5S/c1-15(2)31(27,28)24-19-11-12-25-20(19)13-29-18-9-7-17(8-10-18)23-16(3)5-4-6-21(23)30-14-22(25)26/h4-6,15,17-20,24H,7-14H2,1-3H3. The van der Waals surface area contributed by atoms with Crippen molar-refractivity contribution in [3.63, 3.8) is 0 Å². The minimum absolute atomic E-state index is 0.0489. The SMILES string of the molecule is Cc1cccc2c1C1CCC(CC1)OCC1C(NS(=O)(=O)C(C)C)CCN1C(=O)CO2. The number of ether oxygens (including phenoxy) is 2. The van der Waals surface area contributed by atoms with Gasteiger partial charge < -0.3 is 14.4 Å². The van der Waals surface area contributed by atoms with Crippen LogP contribution in [0.1, 0.15) is 63.0 Å². The molecule has 2 unspecified atom stereocenters. The summed E-state index contributed by atoms with van der Waals surface area (Å²) in [6.07, 6.45) is 4.69. The fourth-order valence-corrected chi connectivity index (χ4v) is 6.10.